The van der Waals surface area contributed by atoms with Crippen LogP contribution in [0.5, 0.6) is 0 Å². The van der Waals surface area contributed by atoms with Crippen LogP contribution in [-0.4, -0.2) is 72.4 Å². The molecule has 0 radical (unpaired) electrons. The molecule has 0 aromatic rings. The van der Waals surface area contributed by atoms with Crippen molar-refractivity contribution in [1.82, 2.24) is 15.1 Å². The molecule has 1 unspecified atom stereocenters. The van der Waals surface area contributed by atoms with Crippen molar-refractivity contribution < 1.29 is 14.3 Å². The minimum absolute atomic E-state index is 0.0814. The molecule has 0 bridgehead atoms. The number of rotatable bonds is 4. The monoisotopic (exact) mass is 318 g/mol. The third-order valence-corrected chi connectivity index (χ3v) is 4.41. The normalized spacial score (nSPS) is 27.6. The number of fused-ring (bicyclic) bond motifs is 1. The SMILES string of the molecule is CC1(C(=O)NCCN2CCOCC2)CC(=O)N=C2C=CC=CN21. The van der Waals surface area contributed by atoms with Crippen molar-refractivity contribution >= 4 is 17.6 Å². The van der Waals surface area contributed by atoms with Gasteiger partial charge in [0.15, 0.2) is 0 Å². The highest BCUT2D eigenvalue weighted by Crippen LogP contribution is 2.27. The molecule has 0 saturated carbocycles. The molecule has 23 heavy (non-hydrogen) atoms. The number of hydrogen-bond acceptors (Lipinski definition) is 5. The van der Waals surface area contributed by atoms with Crippen molar-refractivity contribution in [3.8, 4) is 0 Å². The standard InChI is InChI=1S/C16H22N4O3/c1-16(12-14(21)18-13-4-2-3-6-20(13)16)15(22)17-5-7-19-8-10-23-11-9-19/h2-4,6H,5,7-12H2,1H3,(H,17,22). The molecule has 0 aromatic carbocycles. The summed E-state index contributed by atoms with van der Waals surface area (Å²) in [6, 6.07) is 0. The topological polar surface area (TPSA) is 74.2 Å². The predicted octanol–water partition coefficient (Wildman–Crippen LogP) is -0.0922. The third-order valence-electron chi connectivity index (χ3n) is 4.41. The van der Waals surface area contributed by atoms with E-state index in [-0.39, 0.29) is 18.2 Å². The summed E-state index contributed by atoms with van der Waals surface area (Å²) in [4.78, 5) is 32.6. The Morgan fingerprint density at radius 2 is 2.17 bits per heavy atom. The van der Waals surface area contributed by atoms with Crippen molar-refractivity contribution in [2.75, 3.05) is 39.4 Å². The lowest BCUT2D eigenvalue weighted by Crippen LogP contribution is -2.60. The number of carbonyl (C=O) groups is 2. The average molecular weight is 318 g/mol. The van der Waals surface area contributed by atoms with Crippen LogP contribution in [0.15, 0.2) is 29.4 Å². The number of nitrogens with one attached hydrogen (secondary N) is 1. The van der Waals surface area contributed by atoms with Crippen molar-refractivity contribution in [3.05, 3.63) is 24.4 Å². The highest BCUT2D eigenvalue weighted by Gasteiger charge is 2.44. The van der Waals surface area contributed by atoms with Gasteiger partial charge in [-0.1, -0.05) is 6.08 Å². The number of hydrogen-bond donors (Lipinski definition) is 1. The van der Waals surface area contributed by atoms with Gasteiger partial charge in [0.25, 0.3) is 5.91 Å². The first-order valence-corrected chi connectivity index (χ1v) is 7.94. The predicted molar refractivity (Wildman–Crippen MR) is 85.9 cm³/mol. The lowest BCUT2D eigenvalue weighted by molar-refractivity contribution is -0.134. The molecule has 0 aliphatic carbocycles. The van der Waals surface area contributed by atoms with Crippen molar-refractivity contribution in [2.24, 2.45) is 4.99 Å². The first-order valence-electron chi connectivity index (χ1n) is 7.94. The van der Waals surface area contributed by atoms with Gasteiger partial charge in [-0.2, -0.15) is 4.99 Å². The summed E-state index contributed by atoms with van der Waals surface area (Å²) < 4.78 is 5.31. The van der Waals surface area contributed by atoms with Gasteiger partial charge in [0.1, 0.15) is 11.4 Å². The first-order chi connectivity index (χ1) is 11.1. The van der Waals surface area contributed by atoms with E-state index in [0.717, 1.165) is 32.8 Å². The molecule has 3 aliphatic rings. The fraction of sp³-hybridized carbons (Fsp3) is 0.562. The second kappa shape index (κ2) is 6.64. The fourth-order valence-corrected chi connectivity index (χ4v) is 3.02. The highest BCUT2D eigenvalue weighted by atomic mass is 16.5. The summed E-state index contributed by atoms with van der Waals surface area (Å²) in [6.07, 6.45) is 7.28. The minimum atomic E-state index is -0.930. The number of morpholine rings is 1. The molecule has 7 heteroatoms. The van der Waals surface area contributed by atoms with E-state index < -0.39 is 5.54 Å². The smallest absolute Gasteiger partial charge is 0.250 e. The Morgan fingerprint density at radius 1 is 1.39 bits per heavy atom. The highest BCUT2D eigenvalue weighted by molar-refractivity contribution is 6.09. The van der Waals surface area contributed by atoms with E-state index in [1.54, 1.807) is 24.1 Å². The first kappa shape index (κ1) is 15.9. The van der Waals surface area contributed by atoms with Gasteiger partial charge in [-0.15, -0.1) is 0 Å². The molecule has 0 aromatic heterocycles. The minimum Gasteiger partial charge on any atom is -0.379 e. The van der Waals surface area contributed by atoms with E-state index >= 15 is 0 Å². The van der Waals surface area contributed by atoms with E-state index in [1.165, 1.54) is 0 Å². The van der Waals surface area contributed by atoms with Crippen LogP contribution in [0.1, 0.15) is 13.3 Å². The molecule has 0 spiro atoms. The lowest BCUT2D eigenvalue weighted by Gasteiger charge is -2.41. The Morgan fingerprint density at radius 3 is 2.96 bits per heavy atom. The summed E-state index contributed by atoms with van der Waals surface area (Å²) in [5, 5.41) is 2.97. The maximum absolute atomic E-state index is 12.7. The summed E-state index contributed by atoms with van der Waals surface area (Å²) in [6.45, 7) is 6.39. The largest absolute Gasteiger partial charge is 0.379 e. The zero-order valence-corrected chi connectivity index (χ0v) is 13.3. The summed E-state index contributed by atoms with van der Waals surface area (Å²) in [7, 11) is 0. The van der Waals surface area contributed by atoms with Crippen LogP contribution < -0.4 is 5.32 Å². The van der Waals surface area contributed by atoms with Gasteiger partial charge in [-0.3, -0.25) is 14.5 Å². The zero-order valence-electron chi connectivity index (χ0n) is 13.3. The number of nitrogens with zero attached hydrogens (tertiary/aromatic N) is 3. The van der Waals surface area contributed by atoms with E-state index in [9.17, 15) is 9.59 Å². The van der Waals surface area contributed by atoms with Crippen LogP contribution in [0.4, 0.5) is 0 Å². The van der Waals surface area contributed by atoms with Crippen LogP contribution in [0.3, 0.4) is 0 Å². The van der Waals surface area contributed by atoms with Gasteiger partial charge < -0.3 is 15.0 Å². The quantitative estimate of drug-likeness (QED) is 0.784. The third kappa shape index (κ3) is 3.35. The number of ether oxygens (including phenoxy) is 1. The molecule has 1 saturated heterocycles. The Kier molecular flexibility index (Phi) is 4.58. The van der Waals surface area contributed by atoms with Crippen LogP contribution in [-0.2, 0) is 14.3 Å². The van der Waals surface area contributed by atoms with Crippen molar-refractivity contribution in [3.63, 3.8) is 0 Å². The molecule has 7 nitrogen and oxygen atoms in total. The molecule has 1 fully saturated rings. The zero-order chi connectivity index (χ0) is 16.3. The van der Waals surface area contributed by atoms with Crippen molar-refractivity contribution in [2.45, 2.75) is 18.9 Å². The van der Waals surface area contributed by atoms with Crippen molar-refractivity contribution in [1.29, 1.82) is 0 Å². The number of allylic oxidation sites excluding steroid dienone is 2. The summed E-state index contributed by atoms with van der Waals surface area (Å²) >= 11 is 0. The number of aliphatic imine (C=N–C) groups is 1. The van der Waals surface area contributed by atoms with Gasteiger partial charge in [0.2, 0.25) is 5.91 Å². The van der Waals surface area contributed by atoms with Crippen LogP contribution >= 0.6 is 0 Å². The second-order valence-electron chi connectivity index (χ2n) is 6.09. The van der Waals surface area contributed by atoms with Gasteiger partial charge in [-0.25, -0.2) is 0 Å². The molecular weight excluding hydrogens is 296 g/mol. The maximum Gasteiger partial charge on any atom is 0.250 e. The summed E-state index contributed by atoms with van der Waals surface area (Å²) in [5.41, 5.74) is -0.930. The fourth-order valence-electron chi connectivity index (χ4n) is 3.02. The van der Waals surface area contributed by atoms with Gasteiger partial charge in [0, 0.05) is 32.4 Å². The van der Waals surface area contributed by atoms with Crippen LogP contribution in [0.2, 0.25) is 0 Å². The number of carbonyl (C=O) groups excluding carboxylic acids is 2. The van der Waals surface area contributed by atoms with Gasteiger partial charge in [0.05, 0.1) is 19.6 Å². The average Bonchev–Trinajstić information content (AvgIpc) is 2.55. The molecule has 3 heterocycles. The lowest BCUT2D eigenvalue weighted by atomic mass is 9.91. The van der Waals surface area contributed by atoms with Crippen LogP contribution in [0.25, 0.3) is 0 Å². The van der Waals surface area contributed by atoms with Gasteiger partial charge in [-0.05, 0) is 19.1 Å². The van der Waals surface area contributed by atoms with E-state index in [2.05, 4.69) is 15.2 Å². The Bertz CT molecular complexity index is 578. The second-order valence-corrected chi connectivity index (χ2v) is 6.09. The number of amides is 2. The van der Waals surface area contributed by atoms with Gasteiger partial charge >= 0.3 is 0 Å². The number of amidine groups is 1. The molecule has 1 atom stereocenters. The molecule has 124 valence electrons. The Balaban J connectivity index is 1.61. The van der Waals surface area contributed by atoms with E-state index in [4.69, 9.17) is 4.74 Å². The Hall–Kier alpha value is -1.99. The molecule has 1 N–H and O–H groups in total. The Labute approximate surface area is 135 Å². The molecule has 2 amide bonds. The maximum atomic E-state index is 12.7. The molecular formula is C16H22N4O3. The summed E-state index contributed by atoms with van der Waals surface area (Å²) in [5.74, 6) is 0.114. The van der Waals surface area contributed by atoms with E-state index in [0.29, 0.717) is 12.4 Å². The van der Waals surface area contributed by atoms with Crippen LogP contribution in [0, 0.1) is 0 Å². The molecule has 3 rings (SSSR count). The van der Waals surface area contributed by atoms with E-state index in [1.807, 2.05) is 12.2 Å². The molecule has 3 aliphatic heterocycles.